The first-order chi connectivity index (χ1) is 31.6. The van der Waals surface area contributed by atoms with Gasteiger partial charge in [-0.2, -0.15) is 0 Å². The summed E-state index contributed by atoms with van der Waals surface area (Å²) in [5, 5.41) is 0. The normalized spacial score (nSPS) is 28.0. The predicted molar refractivity (Wildman–Crippen MR) is 292 cm³/mol. The lowest BCUT2D eigenvalue weighted by Gasteiger charge is -2.62. The molecule has 4 saturated carbocycles. The molecular weight excluding hydrogens is 910 g/mol. The lowest BCUT2D eigenvalue weighted by molar-refractivity contribution is -0.936. The van der Waals surface area contributed by atoms with Gasteiger partial charge in [0, 0.05) is 6.42 Å². The third kappa shape index (κ3) is 20.7. The zero-order chi connectivity index (χ0) is 46.6. The average Bonchev–Trinajstić information content (AvgIpc) is 3.65. The van der Waals surface area contributed by atoms with Crippen molar-refractivity contribution in [3.05, 3.63) is 0 Å². The number of unbranched alkanes of at least 4 members (excludes halogenated alkanes) is 30. The summed E-state index contributed by atoms with van der Waals surface area (Å²) in [5.41, 5.74) is 1.25. The van der Waals surface area contributed by atoms with Gasteiger partial charge in [-0.25, -0.2) is 0 Å². The number of rotatable bonds is 40. The Kier molecular flexibility index (Phi) is 32.3. The predicted octanol–water partition coefficient (Wildman–Crippen LogP) is 18.4. The highest BCUT2D eigenvalue weighted by atomic mass is 127. The van der Waals surface area contributed by atoms with Crippen LogP contribution in [0.15, 0.2) is 0 Å². The molecule has 0 heterocycles. The Bertz CT molecular complexity index is 1110. The van der Waals surface area contributed by atoms with E-state index in [1.807, 2.05) is 0 Å². The first-order valence-electron chi connectivity index (χ1n) is 31.4. The fraction of sp³-hybridized carbons (Fsp3) is 1.00. The monoisotopic (exact) mass is 1030 g/mol. The van der Waals surface area contributed by atoms with E-state index < -0.39 is 0 Å². The van der Waals surface area contributed by atoms with Crippen molar-refractivity contribution in [3.8, 4) is 0 Å². The van der Waals surface area contributed by atoms with Gasteiger partial charge in [-0.1, -0.05) is 248 Å². The summed E-state index contributed by atoms with van der Waals surface area (Å²) in [6, 6.07) is 0.925. The maximum absolute atomic E-state index is 2.86. The second-order valence-electron chi connectivity index (χ2n) is 26.1. The second kappa shape index (κ2) is 34.9. The van der Waals surface area contributed by atoms with Crippen LogP contribution in [0.5, 0.6) is 0 Å². The highest BCUT2D eigenvalue weighted by Gasteiger charge is 2.61. The van der Waals surface area contributed by atoms with Gasteiger partial charge < -0.3 is 28.5 Å². The molecule has 4 fully saturated rings. The van der Waals surface area contributed by atoms with Crippen molar-refractivity contribution >= 4 is 0 Å². The highest BCUT2D eigenvalue weighted by Crippen LogP contribution is 2.68. The van der Waals surface area contributed by atoms with E-state index in [-0.39, 0.29) is 24.0 Å². The highest BCUT2D eigenvalue weighted by molar-refractivity contribution is 5.10. The molecule has 4 rings (SSSR count). The Hall–Kier alpha value is 0.690. The van der Waals surface area contributed by atoms with Gasteiger partial charge in [0.05, 0.1) is 26.2 Å². The number of nitrogens with zero attached hydrogens (tertiary/aromatic N) is 1. The number of halogens is 1. The van der Waals surface area contributed by atoms with Crippen molar-refractivity contribution < 1.29 is 28.5 Å². The molecule has 0 amide bonds. The minimum absolute atomic E-state index is 0. The molecule has 0 bridgehead atoms. The van der Waals surface area contributed by atoms with E-state index in [1.54, 1.807) is 51.4 Å². The van der Waals surface area contributed by atoms with Crippen LogP contribution in [0.4, 0.5) is 0 Å². The standard InChI is InChI=1S/C64H124N.HI/c1-9-11-13-15-17-19-21-23-25-27-29-31-33-35-37-39-52-65(8,53-40-38-36-34-32-30-28-26-24-22-20-18-16-14-12-10-2)58-48-50-63(6)57(54-58)44-45-59-61-47-46-60(56(5)43-41-42-55(3)4)64(61,7)51-49-62(59)63;/h55-62H,9-54H2,1-8H3;1H/q+1;/p-1/t56-,57?,58?,59?,60-,61?,62?,63+,64-;/m1./s1. The molecule has 392 valence electrons. The van der Waals surface area contributed by atoms with Crippen molar-refractivity contribution in [2.24, 2.45) is 52.3 Å². The molecule has 0 saturated heterocycles. The van der Waals surface area contributed by atoms with Crippen LogP contribution >= 0.6 is 0 Å². The number of quaternary nitrogens is 1. The largest absolute Gasteiger partial charge is 1.00 e. The lowest BCUT2D eigenvalue weighted by atomic mass is 9.44. The molecule has 4 aliphatic carbocycles. The molecular formula is C64H124IN. The smallest absolute Gasteiger partial charge is 0.0891 e. The van der Waals surface area contributed by atoms with Crippen LogP contribution in [0.2, 0.25) is 0 Å². The molecule has 2 heteroatoms. The quantitative estimate of drug-likeness (QED) is 0.0326. The van der Waals surface area contributed by atoms with Gasteiger partial charge in [-0.3, -0.25) is 0 Å². The summed E-state index contributed by atoms with van der Waals surface area (Å²) in [4.78, 5) is 0. The molecule has 0 aromatic rings. The van der Waals surface area contributed by atoms with Crippen molar-refractivity contribution in [2.45, 2.75) is 337 Å². The molecule has 0 spiro atoms. The van der Waals surface area contributed by atoms with Gasteiger partial charge >= 0.3 is 0 Å². The fourth-order valence-corrected chi connectivity index (χ4v) is 16.3. The van der Waals surface area contributed by atoms with Crippen LogP contribution in [0.1, 0.15) is 331 Å². The van der Waals surface area contributed by atoms with Crippen molar-refractivity contribution in [3.63, 3.8) is 0 Å². The summed E-state index contributed by atoms with van der Waals surface area (Å²) < 4.78 is 1.43. The molecule has 0 aromatic carbocycles. The van der Waals surface area contributed by atoms with E-state index in [0.29, 0.717) is 10.8 Å². The van der Waals surface area contributed by atoms with Gasteiger partial charge in [-0.05, 0) is 129 Å². The van der Waals surface area contributed by atoms with Crippen molar-refractivity contribution in [1.29, 1.82) is 0 Å². The second-order valence-corrected chi connectivity index (χ2v) is 26.1. The Balaban J connectivity index is 0.0000116. The molecule has 0 radical (unpaired) electrons. The van der Waals surface area contributed by atoms with Crippen LogP contribution in [-0.2, 0) is 0 Å². The first kappa shape index (κ1) is 61.0. The lowest BCUT2D eigenvalue weighted by Crippen LogP contribution is -3.00. The van der Waals surface area contributed by atoms with E-state index in [1.165, 1.54) is 249 Å². The van der Waals surface area contributed by atoms with Crippen molar-refractivity contribution in [2.75, 3.05) is 20.1 Å². The molecule has 1 nitrogen and oxygen atoms in total. The zero-order valence-electron chi connectivity index (χ0n) is 47.0. The van der Waals surface area contributed by atoms with E-state index >= 15 is 0 Å². The fourth-order valence-electron chi connectivity index (χ4n) is 16.3. The average molecular weight is 1030 g/mol. The molecule has 5 unspecified atom stereocenters. The summed E-state index contributed by atoms with van der Waals surface area (Å²) in [6.45, 7) is 20.8. The summed E-state index contributed by atoms with van der Waals surface area (Å²) in [6.07, 6.45) is 65.6. The maximum Gasteiger partial charge on any atom is 0.0891 e. The van der Waals surface area contributed by atoms with E-state index in [2.05, 4.69) is 55.5 Å². The summed E-state index contributed by atoms with van der Waals surface area (Å²) in [7, 11) is 2.78. The Morgan fingerprint density at radius 3 is 1.24 bits per heavy atom. The molecule has 4 aliphatic rings. The minimum atomic E-state index is 0. The summed E-state index contributed by atoms with van der Waals surface area (Å²) in [5.74, 6) is 6.87. The molecule has 0 N–H and O–H groups in total. The summed E-state index contributed by atoms with van der Waals surface area (Å²) >= 11 is 0. The van der Waals surface area contributed by atoms with Crippen LogP contribution in [0.25, 0.3) is 0 Å². The number of hydrogen-bond acceptors (Lipinski definition) is 0. The van der Waals surface area contributed by atoms with Gasteiger partial charge in [0.1, 0.15) is 0 Å². The molecule has 0 aliphatic heterocycles. The topological polar surface area (TPSA) is 0 Å². The van der Waals surface area contributed by atoms with Gasteiger partial charge in [0.2, 0.25) is 0 Å². The third-order valence-corrected chi connectivity index (χ3v) is 20.8. The SMILES string of the molecule is CCCCCCCCCCCCCCCCCC[N+](C)(CCCCCCCCCCCCCCCCCC)C1CC[C@@]2(C)C(CCC3C2CC[C@@]2(C)C3CC[C@@H]2[C@H](C)CCCC(C)C)C1.[I-]. The third-order valence-electron chi connectivity index (χ3n) is 20.8. The molecule has 0 aromatic heterocycles. The zero-order valence-corrected chi connectivity index (χ0v) is 49.1. The Morgan fingerprint density at radius 1 is 0.424 bits per heavy atom. The maximum atomic E-state index is 2.86. The van der Waals surface area contributed by atoms with E-state index in [4.69, 9.17) is 0 Å². The van der Waals surface area contributed by atoms with Crippen LogP contribution < -0.4 is 24.0 Å². The van der Waals surface area contributed by atoms with Crippen molar-refractivity contribution in [1.82, 2.24) is 0 Å². The first-order valence-corrected chi connectivity index (χ1v) is 31.4. The van der Waals surface area contributed by atoms with Gasteiger partial charge in [0.15, 0.2) is 0 Å². The van der Waals surface area contributed by atoms with E-state index in [0.717, 1.165) is 47.5 Å². The minimum Gasteiger partial charge on any atom is -1.00 e. The van der Waals surface area contributed by atoms with Gasteiger partial charge in [-0.15, -0.1) is 0 Å². The van der Waals surface area contributed by atoms with Crippen LogP contribution in [0, 0.1) is 52.3 Å². The molecule has 66 heavy (non-hydrogen) atoms. The number of fused-ring (bicyclic) bond motifs is 5. The van der Waals surface area contributed by atoms with Crippen LogP contribution in [0.3, 0.4) is 0 Å². The Labute approximate surface area is 435 Å². The molecule has 9 atom stereocenters. The number of hydrogen-bond donors (Lipinski definition) is 0. The van der Waals surface area contributed by atoms with Gasteiger partial charge in [0.25, 0.3) is 0 Å². The van der Waals surface area contributed by atoms with Crippen LogP contribution in [-0.4, -0.2) is 30.7 Å². The Morgan fingerprint density at radius 2 is 0.818 bits per heavy atom. The van der Waals surface area contributed by atoms with E-state index in [9.17, 15) is 0 Å².